The van der Waals surface area contributed by atoms with E-state index in [1.165, 1.54) is 14.2 Å². The maximum absolute atomic E-state index is 12.5. The Morgan fingerprint density at radius 3 is 1.75 bits per heavy atom. The summed E-state index contributed by atoms with van der Waals surface area (Å²) in [5.74, 6) is 1.85. The highest BCUT2D eigenvalue weighted by Crippen LogP contribution is 2.36. The van der Waals surface area contributed by atoms with Gasteiger partial charge in [0.05, 0.1) is 28.4 Å². The van der Waals surface area contributed by atoms with E-state index >= 15 is 0 Å². The standard InChI is InChI=1S/C17H18BrNO5/c1-21-12-7-11(8-13(9-12)22-2)19-17(20)10-5-14(23-3)16(18)15(6-10)24-4/h5-9H,1-4H3,(H,19,20). The van der Waals surface area contributed by atoms with Gasteiger partial charge in [0.25, 0.3) is 5.91 Å². The van der Waals surface area contributed by atoms with Crippen LogP contribution in [0, 0.1) is 0 Å². The topological polar surface area (TPSA) is 66.0 Å². The zero-order valence-electron chi connectivity index (χ0n) is 13.8. The zero-order valence-corrected chi connectivity index (χ0v) is 15.4. The molecule has 2 rings (SSSR count). The van der Waals surface area contributed by atoms with E-state index in [4.69, 9.17) is 18.9 Å². The Hall–Kier alpha value is -2.41. The molecule has 6 nitrogen and oxygen atoms in total. The smallest absolute Gasteiger partial charge is 0.255 e. The number of anilines is 1. The number of nitrogens with one attached hydrogen (secondary N) is 1. The number of methoxy groups -OCH3 is 4. The molecular weight excluding hydrogens is 378 g/mol. The zero-order chi connectivity index (χ0) is 17.7. The fourth-order valence-electron chi connectivity index (χ4n) is 2.08. The molecule has 0 aliphatic rings. The number of carbonyl (C=O) groups excluding carboxylic acids is 1. The largest absolute Gasteiger partial charge is 0.497 e. The molecule has 1 amide bonds. The van der Waals surface area contributed by atoms with Gasteiger partial charge in [-0.25, -0.2) is 0 Å². The summed E-state index contributed by atoms with van der Waals surface area (Å²) in [6.07, 6.45) is 0. The minimum Gasteiger partial charge on any atom is -0.497 e. The monoisotopic (exact) mass is 395 g/mol. The number of hydrogen-bond donors (Lipinski definition) is 1. The minimum atomic E-state index is -0.311. The highest BCUT2D eigenvalue weighted by Gasteiger charge is 2.15. The lowest BCUT2D eigenvalue weighted by atomic mass is 10.1. The normalized spacial score (nSPS) is 10.0. The van der Waals surface area contributed by atoms with E-state index < -0.39 is 0 Å². The van der Waals surface area contributed by atoms with Crippen LogP contribution in [0.4, 0.5) is 5.69 Å². The molecule has 128 valence electrons. The van der Waals surface area contributed by atoms with E-state index in [9.17, 15) is 4.79 Å². The van der Waals surface area contributed by atoms with Gasteiger partial charge in [-0.15, -0.1) is 0 Å². The Morgan fingerprint density at radius 2 is 1.33 bits per heavy atom. The minimum absolute atomic E-state index is 0.311. The summed E-state index contributed by atoms with van der Waals surface area (Å²) in [6.45, 7) is 0. The number of ether oxygens (including phenoxy) is 4. The molecule has 7 heteroatoms. The maximum atomic E-state index is 12.5. The van der Waals surface area contributed by atoms with Crippen LogP contribution in [0.5, 0.6) is 23.0 Å². The van der Waals surface area contributed by atoms with Crippen LogP contribution in [0.3, 0.4) is 0 Å². The van der Waals surface area contributed by atoms with Gasteiger partial charge in [0.2, 0.25) is 0 Å². The number of benzene rings is 2. The Balaban J connectivity index is 2.33. The van der Waals surface area contributed by atoms with Gasteiger partial charge < -0.3 is 24.3 Å². The van der Waals surface area contributed by atoms with Crippen LogP contribution in [0.2, 0.25) is 0 Å². The van der Waals surface area contributed by atoms with Gasteiger partial charge in [0.1, 0.15) is 27.5 Å². The SMILES string of the molecule is COc1cc(NC(=O)c2cc(OC)c(Br)c(OC)c2)cc(OC)c1. The van der Waals surface area contributed by atoms with Gasteiger partial charge in [-0.05, 0) is 28.1 Å². The lowest BCUT2D eigenvalue weighted by Crippen LogP contribution is -2.12. The molecule has 1 N–H and O–H groups in total. The molecule has 0 aromatic heterocycles. The highest BCUT2D eigenvalue weighted by molar-refractivity contribution is 9.10. The molecule has 0 spiro atoms. The second-order valence-corrected chi connectivity index (χ2v) is 5.54. The second-order valence-electron chi connectivity index (χ2n) is 4.75. The van der Waals surface area contributed by atoms with E-state index in [0.717, 1.165) is 0 Å². The van der Waals surface area contributed by atoms with E-state index in [-0.39, 0.29) is 5.91 Å². The summed E-state index contributed by atoms with van der Waals surface area (Å²) in [5.41, 5.74) is 0.950. The number of hydrogen-bond acceptors (Lipinski definition) is 5. The van der Waals surface area contributed by atoms with Gasteiger partial charge in [-0.2, -0.15) is 0 Å². The summed E-state index contributed by atoms with van der Waals surface area (Å²) in [4.78, 5) is 12.5. The highest BCUT2D eigenvalue weighted by atomic mass is 79.9. The Labute approximate surface area is 148 Å². The van der Waals surface area contributed by atoms with Crippen LogP contribution in [-0.4, -0.2) is 34.3 Å². The van der Waals surface area contributed by atoms with Crippen molar-refractivity contribution in [2.75, 3.05) is 33.8 Å². The van der Waals surface area contributed by atoms with E-state index in [1.54, 1.807) is 44.6 Å². The molecule has 0 bridgehead atoms. The van der Waals surface area contributed by atoms with E-state index in [0.29, 0.717) is 38.7 Å². The fourth-order valence-corrected chi connectivity index (χ4v) is 2.64. The van der Waals surface area contributed by atoms with Crippen LogP contribution < -0.4 is 24.3 Å². The van der Waals surface area contributed by atoms with Gasteiger partial charge in [-0.1, -0.05) is 0 Å². The molecule has 0 aliphatic heterocycles. The molecule has 0 unspecified atom stereocenters. The Bertz CT molecular complexity index is 701. The van der Waals surface area contributed by atoms with Crippen molar-refractivity contribution in [3.05, 3.63) is 40.4 Å². The molecule has 0 saturated carbocycles. The molecule has 0 aliphatic carbocycles. The number of amides is 1. The second kappa shape index (κ2) is 7.92. The van der Waals surface area contributed by atoms with Crippen molar-refractivity contribution in [1.82, 2.24) is 0 Å². The van der Waals surface area contributed by atoms with Crippen LogP contribution in [0.15, 0.2) is 34.8 Å². The summed E-state index contributed by atoms with van der Waals surface area (Å²) in [7, 11) is 6.14. The Kier molecular flexibility index (Phi) is 5.92. The van der Waals surface area contributed by atoms with E-state index in [1.807, 2.05) is 0 Å². The van der Waals surface area contributed by atoms with Crippen molar-refractivity contribution in [3.8, 4) is 23.0 Å². The molecule has 0 heterocycles. The molecule has 0 fully saturated rings. The average Bonchev–Trinajstić information content (AvgIpc) is 2.61. The first kappa shape index (κ1) is 17.9. The van der Waals surface area contributed by atoms with E-state index in [2.05, 4.69) is 21.2 Å². The summed E-state index contributed by atoms with van der Waals surface area (Å²) in [5, 5.41) is 2.80. The third-order valence-corrected chi connectivity index (χ3v) is 4.10. The number of rotatable bonds is 6. The van der Waals surface area contributed by atoms with Crippen molar-refractivity contribution in [2.24, 2.45) is 0 Å². The molecule has 0 radical (unpaired) electrons. The fraction of sp³-hybridized carbons (Fsp3) is 0.235. The molecule has 2 aromatic carbocycles. The van der Waals surface area contributed by atoms with Gasteiger partial charge >= 0.3 is 0 Å². The van der Waals surface area contributed by atoms with Crippen molar-refractivity contribution >= 4 is 27.5 Å². The van der Waals surface area contributed by atoms with Crippen molar-refractivity contribution in [3.63, 3.8) is 0 Å². The average molecular weight is 396 g/mol. The van der Waals surface area contributed by atoms with Gasteiger partial charge in [0.15, 0.2) is 0 Å². The summed E-state index contributed by atoms with van der Waals surface area (Å²) in [6, 6.07) is 8.38. The predicted octanol–water partition coefficient (Wildman–Crippen LogP) is 3.74. The summed E-state index contributed by atoms with van der Waals surface area (Å²) < 4.78 is 21.5. The molecule has 2 aromatic rings. The lowest BCUT2D eigenvalue weighted by Gasteiger charge is -2.13. The van der Waals surface area contributed by atoms with Gasteiger partial charge in [0, 0.05) is 29.4 Å². The van der Waals surface area contributed by atoms with Crippen LogP contribution in [0.1, 0.15) is 10.4 Å². The number of halogens is 1. The Morgan fingerprint density at radius 1 is 0.833 bits per heavy atom. The summed E-state index contributed by atoms with van der Waals surface area (Å²) >= 11 is 3.37. The third kappa shape index (κ3) is 3.91. The molecular formula is C17H18BrNO5. The van der Waals surface area contributed by atoms with Crippen molar-refractivity contribution < 1.29 is 23.7 Å². The molecule has 0 atom stereocenters. The third-order valence-electron chi connectivity index (χ3n) is 3.32. The number of carbonyl (C=O) groups is 1. The molecule has 24 heavy (non-hydrogen) atoms. The van der Waals surface area contributed by atoms with Crippen LogP contribution >= 0.6 is 15.9 Å². The first-order valence-corrected chi connectivity index (χ1v) is 7.77. The molecule has 0 saturated heterocycles. The predicted molar refractivity (Wildman–Crippen MR) is 94.7 cm³/mol. The maximum Gasteiger partial charge on any atom is 0.255 e. The first-order valence-electron chi connectivity index (χ1n) is 6.98. The van der Waals surface area contributed by atoms with Crippen molar-refractivity contribution in [2.45, 2.75) is 0 Å². The first-order chi connectivity index (χ1) is 11.5. The quantitative estimate of drug-likeness (QED) is 0.806. The van der Waals surface area contributed by atoms with Crippen LogP contribution in [-0.2, 0) is 0 Å². The van der Waals surface area contributed by atoms with Gasteiger partial charge in [-0.3, -0.25) is 4.79 Å². The van der Waals surface area contributed by atoms with Crippen LogP contribution in [0.25, 0.3) is 0 Å². The van der Waals surface area contributed by atoms with Crippen molar-refractivity contribution in [1.29, 1.82) is 0 Å². The lowest BCUT2D eigenvalue weighted by molar-refractivity contribution is 0.102.